The van der Waals surface area contributed by atoms with E-state index in [1.165, 1.54) is 24.0 Å². The second-order valence-corrected chi connectivity index (χ2v) is 5.65. The second-order valence-electron chi connectivity index (χ2n) is 5.65. The number of aryl methyl sites for hydroxylation is 1. The molecule has 1 aliphatic rings. The van der Waals surface area contributed by atoms with Crippen molar-refractivity contribution in [2.75, 3.05) is 19.8 Å². The zero-order valence-corrected chi connectivity index (χ0v) is 12.3. The molecule has 0 saturated heterocycles. The average Bonchev–Trinajstić information content (AvgIpc) is 3.24. The molecule has 1 atom stereocenters. The molecule has 19 heavy (non-hydrogen) atoms. The maximum Gasteiger partial charge on any atom is 0.0478 e. The summed E-state index contributed by atoms with van der Waals surface area (Å²) in [5.41, 5.74) is 2.79. The molecule has 0 heterocycles. The van der Waals surface area contributed by atoms with Gasteiger partial charge in [-0.25, -0.2) is 0 Å². The molecule has 106 valence electrons. The van der Waals surface area contributed by atoms with Crippen molar-refractivity contribution in [3.05, 3.63) is 35.4 Å². The Morgan fingerprint density at radius 1 is 1.21 bits per heavy atom. The molecule has 0 aliphatic heterocycles. The van der Waals surface area contributed by atoms with Gasteiger partial charge in [-0.3, -0.25) is 0 Å². The van der Waals surface area contributed by atoms with Crippen molar-refractivity contribution in [2.24, 2.45) is 5.92 Å². The van der Waals surface area contributed by atoms with E-state index in [1.807, 2.05) is 0 Å². The molecule has 1 aromatic rings. The summed E-state index contributed by atoms with van der Waals surface area (Å²) in [4.78, 5) is 0. The number of benzene rings is 1. The van der Waals surface area contributed by atoms with E-state index in [4.69, 9.17) is 4.74 Å². The number of rotatable bonds is 9. The van der Waals surface area contributed by atoms with Crippen LogP contribution in [0.3, 0.4) is 0 Å². The van der Waals surface area contributed by atoms with Crippen molar-refractivity contribution < 1.29 is 4.74 Å². The number of nitrogens with one attached hydrogen (secondary N) is 1. The van der Waals surface area contributed by atoms with E-state index in [9.17, 15) is 0 Å². The van der Waals surface area contributed by atoms with Crippen LogP contribution in [0.15, 0.2) is 24.3 Å². The lowest BCUT2D eigenvalue weighted by Gasteiger charge is -2.19. The summed E-state index contributed by atoms with van der Waals surface area (Å²) >= 11 is 0. The SMILES string of the molecule is CCCOCCCNC(c1ccc(C)cc1)C1CC1. The van der Waals surface area contributed by atoms with E-state index in [0.717, 1.165) is 38.5 Å². The minimum Gasteiger partial charge on any atom is -0.381 e. The van der Waals surface area contributed by atoms with Crippen LogP contribution in [0.25, 0.3) is 0 Å². The summed E-state index contributed by atoms with van der Waals surface area (Å²) in [6.45, 7) is 7.13. The van der Waals surface area contributed by atoms with E-state index < -0.39 is 0 Å². The molecule has 1 saturated carbocycles. The molecule has 2 rings (SSSR count). The monoisotopic (exact) mass is 261 g/mol. The van der Waals surface area contributed by atoms with Gasteiger partial charge in [0.1, 0.15) is 0 Å². The van der Waals surface area contributed by atoms with E-state index in [1.54, 1.807) is 0 Å². The predicted octanol–water partition coefficient (Wildman–Crippen LogP) is 3.85. The van der Waals surface area contributed by atoms with Gasteiger partial charge in [0.15, 0.2) is 0 Å². The summed E-state index contributed by atoms with van der Waals surface area (Å²) in [5, 5.41) is 3.71. The molecule has 2 heteroatoms. The number of ether oxygens (including phenoxy) is 1. The van der Waals surface area contributed by atoms with Crippen LogP contribution in [0.4, 0.5) is 0 Å². The number of hydrogen-bond donors (Lipinski definition) is 1. The number of hydrogen-bond acceptors (Lipinski definition) is 2. The van der Waals surface area contributed by atoms with Gasteiger partial charge >= 0.3 is 0 Å². The van der Waals surface area contributed by atoms with Crippen molar-refractivity contribution in [3.8, 4) is 0 Å². The first-order valence-corrected chi connectivity index (χ1v) is 7.69. The van der Waals surface area contributed by atoms with Gasteiger partial charge in [-0.1, -0.05) is 36.8 Å². The second kappa shape index (κ2) is 7.66. The lowest BCUT2D eigenvalue weighted by atomic mass is 10.0. The fourth-order valence-corrected chi connectivity index (χ4v) is 2.44. The summed E-state index contributed by atoms with van der Waals surface area (Å²) in [6, 6.07) is 9.54. The standard InChI is InChI=1S/C17H27NO/c1-3-12-19-13-4-11-18-17(16-9-10-16)15-7-5-14(2)6-8-15/h5-8,16-18H,3-4,9-13H2,1-2H3. The van der Waals surface area contributed by atoms with Gasteiger partial charge in [0.25, 0.3) is 0 Å². The van der Waals surface area contributed by atoms with Gasteiger partial charge in [0.05, 0.1) is 0 Å². The Morgan fingerprint density at radius 3 is 2.58 bits per heavy atom. The first-order valence-electron chi connectivity index (χ1n) is 7.69. The van der Waals surface area contributed by atoms with E-state index >= 15 is 0 Å². The van der Waals surface area contributed by atoms with Crippen LogP contribution >= 0.6 is 0 Å². The molecule has 1 fully saturated rings. The molecule has 1 aliphatic carbocycles. The van der Waals surface area contributed by atoms with Crippen LogP contribution in [0.5, 0.6) is 0 Å². The highest BCUT2D eigenvalue weighted by Gasteiger charge is 2.31. The van der Waals surface area contributed by atoms with Gasteiger partial charge in [-0.2, -0.15) is 0 Å². The lowest BCUT2D eigenvalue weighted by Crippen LogP contribution is -2.25. The lowest BCUT2D eigenvalue weighted by molar-refractivity contribution is 0.131. The minimum absolute atomic E-state index is 0.548. The van der Waals surface area contributed by atoms with Crippen LogP contribution in [0.2, 0.25) is 0 Å². The smallest absolute Gasteiger partial charge is 0.0478 e. The normalized spacial score (nSPS) is 16.5. The van der Waals surface area contributed by atoms with Crippen LogP contribution in [0, 0.1) is 12.8 Å². The molecule has 1 aromatic carbocycles. The average molecular weight is 261 g/mol. The van der Waals surface area contributed by atoms with Crippen molar-refractivity contribution in [1.29, 1.82) is 0 Å². The quantitative estimate of drug-likeness (QED) is 0.682. The van der Waals surface area contributed by atoms with Crippen LogP contribution < -0.4 is 5.32 Å². The van der Waals surface area contributed by atoms with Gasteiger partial charge in [0, 0.05) is 19.3 Å². The van der Waals surface area contributed by atoms with Crippen molar-refractivity contribution in [3.63, 3.8) is 0 Å². The Hall–Kier alpha value is -0.860. The third-order valence-corrected chi connectivity index (χ3v) is 3.71. The first kappa shape index (κ1) is 14.5. The molecule has 0 amide bonds. The van der Waals surface area contributed by atoms with Gasteiger partial charge in [0.2, 0.25) is 0 Å². The third-order valence-electron chi connectivity index (χ3n) is 3.71. The molecule has 0 spiro atoms. The first-order chi connectivity index (χ1) is 9.31. The maximum absolute atomic E-state index is 5.52. The molecule has 2 nitrogen and oxygen atoms in total. The van der Waals surface area contributed by atoms with Crippen molar-refractivity contribution in [1.82, 2.24) is 5.32 Å². The Balaban J connectivity index is 1.75. The van der Waals surface area contributed by atoms with Crippen molar-refractivity contribution >= 4 is 0 Å². The summed E-state index contributed by atoms with van der Waals surface area (Å²) in [7, 11) is 0. The molecule has 0 aromatic heterocycles. The fraction of sp³-hybridized carbons (Fsp3) is 0.647. The highest BCUT2D eigenvalue weighted by molar-refractivity contribution is 5.25. The molecule has 0 bridgehead atoms. The predicted molar refractivity (Wildman–Crippen MR) is 80.4 cm³/mol. The Bertz CT molecular complexity index is 356. The zero-order valence-electron chi connectivity index (χ0n) is 12.3. The molecular formula is C17H27NO. The van der Waals surface area contributed by atoms with Crippen LogP contribution in [-0.2, 0) is 4.74 Å². The van der Waals surface area contributed by atoms with E-state index in [-0.39, 0.29) is 0 Å². The van der Waals surface area contributed by atoms with Gasteiger partial charge in [-0.05, 0) is 50.6 Å². The highest BCUT2D eigenvalue weighted by Crippen LogP contribution is 2.40. The molecule has 0 radical (unpaired) electrons. The summed E-state index contributed by atoms with van der Waals surface area (Å²) in [5.74, 6) is 0.847. The largest absolute Gasteiger partial charge is 0.381 e. The molecular weight excluding hydrogens is 234 g/mol. The Labute approximate surface area is 117 Å². The highest BCUT2D eigenvalue weighted by atomic mass is 16.5. The Morgan fingerprint density at radius 2 is 1.95 bits per heavy atom. The fourth-order valence-electron chi connectivity index (χ4n) is 2.44. The maximum atomic E-state index is 5.52. The summed E-state index contributed by atoms with van der Waals surface area (Å²) < 4.78 is 5.52. The van der Waals surface area contributed by atoms with Gasteiger partial charge in [-0.15, -0.1) is 0 Å². The zero-order chi connectivity index (χ0) is 13.5. The van der Waals surface area contributed by atoms with Crippen molar-refractivity contribution in [2.45, 2.75) is 45.6 Å². The summed E-state index contributed by atoms with van der Waals surface area (Å²) in [6.07, 6.45) is 4.96. The minimum atomic E-state index is 0.548. The van der Waals surface area contributed by atoms with Crippen LogP contribution in [-0.4, -0.2) is 19.8 Å². The topological polar surface area (TPSA) is 21.3 Å². The molecule has 1 unspecified atom stereocenters. The Kier molecular flexibility index (Phi) is 5.87. The molecule has 1 N–H and O–H groups in total. The third kappa shape index (κ3) is 4.96. The van der Waals surface area contributed by atoms with E-state index in [0.29, 0.717) is 6.04 Å². The van der Waals surface area contributed by atoms with E-state index in [2.05, 4.69) is 43.4 Å². The van der Waals surface area contributed by atoms with Crippen LogP contribution in [0.1, 0.15) is 49.8 Å². The van der Waals surface area contributed by atoms with Gasteiger partial charge < -0.3 is 10.1 Å².